The minimum Gasteiger partial charge on any atom is -0.465 e. The first-order chi connectivity index (χ1) is 9.85. The molecule has 0 aliphatic heterocycles. The molecular formula is C17H27NO3. The third-order valence-electron chi connectivity index (χ3n) is 3.08. The average Bonchev–Trinajstić information content (AvgIpc) is 2.42. The Kier molecular flexibility index (Phi) is 6.85. The zero-order valence-corrected chi connectivity index (χ0v) is 13.6. The number of hydrogen-bond acceptors (Lipinski definition) is 4. The molecule has 4 nitrogen and oxygen atoms in total. The van der Waals surface area contributed by atoms with Gasteiger partial charge in [-0.1, -0.05) is 32.9 Å². The molecule has 0 bridgehead atoms. The molecule has 0 aliphatic carbocycles. The number of methoxy groups -OCH3 is 1. The summed E-state index contributed by atoms with van der Waals surface area (Å²) >= 11 is 0. The second-order valence-electron chi connectivity index (χ2n) is 6.54. The Hall–Kier alpha value is -1.39. The van der Waals surface area contributed by atoms with Crippen LogP contribution in [0.3, 0.4) is 0 Å². The smallest absolute Gasteiger partial charge is 0.337 e. The Morgan fingerprint density at radius 2 is 2.05 bits per heavy atom. The van der Waals surface area contributed by atoms with Crippen LogP contribution in [0, 0.1) is 5.41 Å². The number of benzene rings is 1. The van der Waals surface area contributed by atoms with Crippen molar-refractivity contribution in [3.05, 3.63) is 35.4 Å². The largest absolute Gasteiger partial charge is 0.465 e. The van der Waals surface area contributed by atoms with Crippen molar-refractivity contribution in [2.75, 3.05) is 26.8 Å². The zero-order valence-electron chi connectivity index (χ0n) is 13.6. The SMILES string of the molecule is COC(=O)c1cccc(CN(CCCO)CC(C)(C)C)c1. The normalized spacial score (nSPS) is 11.7. The van der Waals surface area contributed by atoms with Crippen LogP contribution in [0.1, 0.15) is 43.1 Å². The van der Waals surface area contributed by atoms with Crippen LogP contribution >= 0.6 is 0 Å². The molecule has 1 aromatic carbocycles. The minimum atomic E-state index is -0.311. The van der Waals surface area contributed by atoms with Crippen LogP contribution in [0.25, 0.3) is 0 Å². The molecule has 0 radical (unpaired) electrons. The van der Waals surface area contributed by atoms with Gasteiger partial charge in [-0.2, -0.15) is 0 Å². The van der Waals surface area contributed by atoms with Gasteiger partial charge in [0.2, 0.25) is 0 Å². The highest BCUT2D eigenvalue weighted by molar-refractivity contribution is 5.89. The first-order valence-electron chi connectivity index (χ1n) is 7.36. The predicted octanol–water partition coefficient (Wildman–Crippen LogP) is 2.70. The van der Waals surface area contributed by atoms with Crippen LogP contribution < -0.4 is 0 Å². The van der Waals surface area contributed by atoms with Gasteiger partial charge in [0.05, 0.1) is 12.7 Å². The average molecular weight is 293 g/mol. The second-order valence-corrected chi connectivity index (χ2v) is 6.54. The second kappa shape index (κ2) is 8.15. The van der Waals surface area contributed by atoms with Gasteiger partial charge in [-0.25, -0.2) is 4.79 Å². The van der Waals surface area contributed by atoms with Gasteiger partial charge in [-0.15, -0.1) is 0 Å². The minimum absolute atomic E-state index is 0.190. The Bertz CT molecular complexity index is 452. The summed E-state index contributed by atoms with van der Waals surface area (Å²) in [6, 6.07) is 7.53. The predicted molar refractivity (Wildman–Crippen MR) is 84.2 cm³/mol. The van der Waals surface area contributed by atoms with Gasteiger partial charge in [0, 0.05) is 26.2 Å². The first-order valence-corrected chi connectivity index (χ1v) is 7.36. The molecule has 0 heterocycles. The van der Waals surface area contributed by atoms with Gasteiger partial charge < -0.3 is 9.84 Å². The van der Waals surface area contributed by atoms with Crippen molar-refractivity contribution in [2.24, 2.45) is 5.41 Å². The van der Waals surface area contributed by atoms with Crippen LogP contribution in [-0.4, -0.2) is 42.8 Å². The molecule has 118 valence electrons. The van der Waals surface area contributed by atoms with E-state index in [-0.39, 0.29) is 18.0 Å². The van der Waals surface area contributed by atoms with Crippen molar-refractivity contribution in [1.29, 1.82) is 0 Å². The number of aliphatic hydroxyl groups is 1. The summed E-state index contributed by atoms with van der Waals surface area (Å²) in [5.41, 5.74) is 1.85. The fourth-order valence-electron chi connectivity index (χ4n) is 2.35. The summed E-state index contributed by atoms with van der Waals surface area (Å²) in [4.78, 5) is 13.9. The Labute approximate surface area is 127 Å². The van der Waals surface area contributed by atoms with Gasteiger partial charge in [-0.05, 0) is 29.5 Å². The molecule has 0 amide bonds. The van der Waals surface area contributed by atoms with E-state index < -0.39 is 0 Å². The number of carbonyl (C=O) groups is 1. The lowest BCUT2D eigenvalue weighted by Crippen LogP contribution is -2.33. The lowest BCUT2D eigenvalue weighted by molar-refractivity contribution is 0.0600. The summed E-state index contributed by atoms with van der Waals surface area (Å²) in [5, 5.41) is 9.04. The van der Waals surface area contributed by atoms with Gasteiger partial charge in [0.25, 0.3) is 0 Å². The quantitative estimate of drug-likeness (QED) is 0.785. The van der Waals surface area contributed by atoms with Crippen molar-refractivity contribution in [3.8, 4) is 0 Å². The van der Waals surface area contributed by atoms with Gasteiger partial charge >= 0.3 is 5.97 Å². The van der Waals surface area contributed by atoms with Gasteiger partial charge in [0.1, 0.15) is 0 Å². The topological polar surface area (TPSA) is 49.8 Å². The monoisotopic (exact) mass is 293 g/mol. The van der Waals surface area contributed by atoms with Crippen LogP contribution in [0.2, 0.25) is 0 Å². The molecule has 0 saturated carbocycles. The molecule has 1 aromatic rings. The van der Waals surface area contributed by atoms with E-state index in [1.807, 2.05) is 18.2 Å². The Balaban J connectivity index is 2.79. The van der Waals surface area contributed by atoms with Crippen LogP contribution in [-0.2, 0) is 11.3 Å². The maximum Gasteiger partial charge on any atom is 0.337 e. The molecule has 0 atom stereocenters. The Morgan fingerprint density at radius 3 is 2.62 bits per heavy atom. The van der Waals surface area contributed by atoms with Crippen LogP contribution in [0.15, 0.2) is 24.3 Å². The highest BCUT2D eigenvalue weighted by atomic mass is 16.5. The van der Waals surface area contributed by atoms with Crippen LogP contribution in [0.4, 0.5) is 0 Å². The van der Waals surface area contributed by atoms with E-state index in [1.54, 1.807) is 6.07 Å². The van der Waals surface area contributed by atoms with E-state index in [9.17, 15) is 4.79 Å². The van der Waals surface area contributed by atoms with E-state index in [4.69, 9.17) is 9.84 Å². The van der Waals surface area contributed by atoms with E-state index >= 15 is 0 Å². The summed E-state index contributed by atoms with van der Waals surface area (Å²) in [6.45, 7) is 9.34. The lowest BCUT2D eigenvalue weighted by Gasteiger charge is -2.30. The third-order valence-corrected chi connectivity index (χ3v) is 3.08. The van der Waals surface area contributed by atoms with Crippen molar-refractivity contribution in [3.63, 3.8) is 0 Å². The van der Waals surface area contributed by atoms with Gasteiger partial charge in [-0.3, -0.25) is 4.90 Å². The summed E-state index contributed by atoms with van der Waals surface area (Å²) < 4.78 is 4.76. The van der Waals surface area contributed by atoms with E-state index in [1.165, 1.54) is 7.11 Å². The lowest BCUT2D eigenvalue weighted by atomic mass is 9.95. The van der Waals surface area contributed by atoms with Gasteiger partial charge in [0.15, 0.2) is 0 Å². The maximum atomic E-state index is 11.6. The highest BCUT2D eigenvalue weighted by Crippen LogP contribution is 2.18. The number of hydrogen-bond donors (Lipinski definition) is 1. The molecule has 1 rings (SSSR count). The van der Waals surface area contributed by atoms with E-state index in [0.29, 0.717) is 5.56 Å². The fraction of sp³-hybridized carbons (Fsp3) is 0.588. The fourth-order valence-corrected chi connectivity index (χ4v) is 2.35. The highest BCUT2D eigenvalue weighted by Gasteiger charge is 2.17. The first kappa shape index (κ1) is 17.7. The van der Waals surface area contributed by atoms with Crippen molar-refractivity contribution in [2.45, 2.75) is 33.7 Å². The summed E-state index contributed by atoms with van der Waals surface area (Å²) in [6.07, 6.45) is 0.757. The number of rotatable bonds is 7. The van der Waals surface area contributed by atoms with E-state index in [2.05, 4.69) is 25.7 Å². The zero-order chi connectivity index (χ0) is 15.9. The molecule has 0 fully saturated rings. The molecule has 21 heavy (non-hydrogen) atoms. The van der Waals surface area contributed by atoms with Crippen molar-refractivity contribution < 1.29 is 14.6 Å². The molecule has 0 spiro atoms. The van der Waals surface area contributed by atoms with Crippen LogP contribution in [0.5, 0.6) is 0 Å². The molecule has 0 saturated heterocycles. The number of aliphatic hydroxyl groups excluding tert-OH is 1. The van der Waals surface area contributed by atoms with E-state index in [0.717, 1.165) is 31.6 Å². The molecule has 4 heteroatoms. The standard InChI is InChI=1S/C17H27NO3/c1-17(2,3)13-18(9-6-10-19)12-14-7-5-8-15(11-14)16(20)21-4/h5,7-8,11,19H,6,9-10,12-13H2,1-4H3. The number of nitrogens with zero attached hydrogens (tertiary/aromatic N) is 1. The summed E-state index contributed by atoms with van der Waals surface area (Å²) in [5.74, 6) is -0.311. The van der Waals surface area contributed by atoms with Crippen molar-refractivity contribution in [1.82, 2.24) is 4.90 Å². The third kappa shape index (κ3) is 6.74. The molecular weight excluding hydrogens is 266 g/mol. The molecule has 0 aromatic heterocycles. The number of ether oxygens (including phenoxy) is 1. The molecule has 1 N–H and O–H groups in total. The van der Waals surface area contributed by atoms with Crippen molar-refractivity contribution >= 4 is 5.97 Å². The molecule has 0 aliphatic rings. The summed E-state index contributed by atoms with van der Waals surface area (Å²) in [7, 11) is 1.39. The number of carbonyl (C=O) groups excluding carboxylic acids is 1. The maximum absolute atomic E-state index is 11.6. The number of esters is 1. The molecule has 0 unspecified atom stereocenters. The Morgan fingerprint density at radius 1 is 1.33 bits per heavy atom.